The van der Waals surface area contributed by atoms with Gasteiger partial charge in [-0.25, -0.2) is 0 Å². The first-order valence-corrected chi connectivity index (χ1v) is 5.97. The minimum absolute atomic E-state index is 0.873. The van der Waals surface area contributed by atoms with Crippen LogP contribution in [-0.4, -0.2) is 24.5 Å². The maximum absolute atomic E-state index is 2.60. The molecule has 0 N–H and O–H groups in total. The van der Waals surface area contributed by atoms with Crippen LogP contribution in [0.5, 0.6) is 0 Å². The van der Waals surface area contributed by atoms with Gasteiger partial charge in [0.15, 0.2) is 0 Å². The fourth-order valence-corrected chi connectivity index (χ4v) is 4.44. The van der Waals surface area contributed by atoms with Crippen molar-refractivity contribution in [3.05, 3.63) is 0 Å². The highest BCUT2D eigenvalue weighted by Crippen LogP contribution is 2.53. The molecule has 1 nitrogen and oxygen atoms in total. The van der Waals surface area contributed by atoms with Crippen molar-refractivity contribution in [3.8, 4) is 0 Å². The second-order valence-electron chi connectivity index (χ2n) is 5.60. The lowest BCUT2D eigenvalue weighted by atomic mass is 9.58. The maximum Gasteiger partial charge on any atom is 0.00981 e. The molecule has 13 heavy (non-hydrogen) atoms. The molecule has 2 bridgehead atoms. The lowest BCUT2D eigenvalue weighted by Crippen LogP contribution is -2.41. The third-order valence-electron chi connectivity index (χ3n) is 5.21. The first-order chi connectivity index (χ1) is 6.27. The molecule has 1 saturated heterocycles. The van der Waals surface area contributed by atoms with E-state index in [-0.39, 0.29) is 0 Å². The molecular formula is C12H21N. The van der Waals surface area contributed by atoms with Gasteiger partial charge in [-0.05, 0) is 63.3 Å². The molecule has 3 unspecified atom stereocenters. The molecule has 3 atom stereocenters. The third-order valence-corrected chi connectivity index (χ3v) is 5.21. The third kappa shape index (κ3) is 1.03. The van der Waals surface area contributed by atoms with Crippen LogP contribution in [0, 0.1) is 23.7 Å². The van der Waals surface area contributed by atoms with E-state index < -0.39 is 0 Å². The van der Waals surface area contributed by atoms with Gasteiger partial charge in [-0.3, -0.25) is 0 Å². The molecule has 0 spiro atoms. The molecule has 0 aromatic heterocycles. The van der Waals surface area contributed by atoms with Crippen molar-refractivity contribution in [2.24, 2.45) is 23.7 Å². The van der Waals surface area contributed by atoms with Crippen molar-refractivity contribution in [3.63, 3.8) is 0 Å². The van der Waals surface area contributed by atoms with Gasteiger partial charge in [-0.1, -0.05) is 0 Å². The van der Waals surface area contributed by atoms with E-state index in [2.05, 4.69) is 18.9 Å². The van der Waals surface area contributed by atoms with Crippen LogP contribution in [0.2, 0.25) is 0 Å². The van der Waals surface area contributed by atoms with E-state index >= 15 is 0 Å². The summed E-state index contributed by atoms with van der Waals surface area (Å²) in [6, 6.07) is 0.873. The van der Waals surface area contributed by atoms with Gasteiger partial charge < -0.3 is 4.90 Å². The summed E-state index contributed by atoms with van der Waals surface area (Å²) in [5.74, 6) is 4.34. The first-order valence-electron chi connectivity index (χ1n) is 5.97. The molecule has 74 valence electrons. The SMILES string of the molecule is CC1C2C3CCC(CC3)C2CN1C. The molecule has 3 saturated carbocycles. The summed E-state index contributed by atoms with van der Waals surface area (Å²) in [5.41, 5.74) is 0. The molecular weight excluding hydrogens is 158 g/mol. The van der Waals surface area contributed by atoms with Crippen LogP contribution < -0.4 is 0 Å². The monoisotopic (exact) mass is 179 g/mol. The van der Waals surface area contributed by atoms with Gasteiger partial charge in [-0.15, -0.1) is 0 Å². The first kappa shape index (κ1) is 8.28. The smallest absolute Gasteiger partial charge is 0.00981 e. The van der Waals surface area contributed by atoms with E-state index in [1.54, 1.807) is 25.7 Å². The van der Waals surface area contributed by atoms with E-state index in [9.17, 15) is 0 Å². The van der Waals surface area contributed by atoms with Gasteiger partial charge in [0, 0.05) is 12.6 Å². The van der Waals surface area contributed by atoms with E-state index in [4.69, 9.17) is 0 Å². The fourth-order valence-electron chi connectivity index (χ4n) is 4.44. The lowest BCUT2D eigenvalue weighted by Gasteiger charge is -2.46. The fraction of sp³-hybridized carbons (Fsp3) is 1.00. The van der Waals surface area contributed by atoms with Crippen LogP contribution in [0.1, 0.15) is 32.6 Å². The number of hydrogen-bond acceptors (Lipinski definition) is 1. The second-order valence-corrected chi connectivity index (χ2v) is 5.60. The Bertz CT molecular complexity index is 205. The van der Waals surface area contributed by atoms with E-state index in [1.807, 2.05) is 0 Å². The topological polar surface area (TPSA) is 3.24 Å². The molecule has 0 aromatic carbocycles. The number of rotatable bonds is 0. The van der Waals surface area contributed by atoms with Crippen LogP contribution in [0.25, 0.3) is 0 Å². The molecule has 4 fully saturated rings. The number of likely N-dealkylation sites (tertiary alicyclic amines) is 1. The van der Waals surface area contributed by atoms with Crippen molar-refractivity contribution in [2.45, 2.75) is 38.6 Å². The van der Waals surface area contributed by atoms with Crippen molar-refractivity contribution >= 4 is 0 Å². The molecule has 1 heterocycles. The predicted octanol–water partition coefficient (Wildman–Crippen LogP) is 2.37. The van der Waals surface area contributed by atoms with E-state index in [0.717, 1.165) is 29.7 Å². The molecule has 1 heteroatoms. The largest absolute Gasteiger partial charge is 0.303 e. The van der Waals surface area contributed by atoms with Gasteiger partial charge in [0.05, 0.1) is 0 Å². The highest BCUT2D eigenvalue weighted by atomic mass is 15.2. The molecule has 0 amide bonds. The average molecular weight is 179 g/mol. The van der Waals surface area contributed by atoms with Gasteiger partial charge in [-0.2, -0.15) is 0 Å². The highest BCUT2D eigenvalue weighted by Gasteiger charge is 2.50. The lowest BCUT2D eigenvalue weighted by molar-refractivity contribution is 0.0441. The van der Waals surface area contributed by atoms with Crippen LogP contribution in [0.3, 0.4) is 0 Å². The summed E-state index contributed by atoms with van der Waals surface area (Å²) in [6.07, 6.45) is 6.19. The second kappa shape index (κ2) is 2.73. The predicted molar refractivity (Wildman–Crippen MR) is 54.5 cm³/mol. The minimum atomic E-state index is 0.873. The van der Waals surface area contributed by atoms with Crippen molar-refractivity contribution in [1.29, 1.82) is 0 Å². The summed E-state index contributed by atoms with van der Waals surface area (Å²) in [6.45, 7) is 3.85. The van der Waals surface area contributed by atoms with Crippen LogP contribution in [0.15, 0.2) is 0 Å². The van der Waals surface area contributed by atoms with Crippen molar-refractivity contribution < 1.29 is 0 Å². The summed E-state index contributed by atoms with van der Waals surface area (Å²) >= 11 is 0. The summed E-state index contributed by atoms with van der Waals surface area (Å²) < 4.78 is 0. The van der Waals surface area contributed by atoms with Crippen LogP contribution >= 0.6 is 0 Å². The number of nitrogens with zero attached hydrogens (tertiary/aromatic N) is 1. The van der Waals surface area contributed by atoms with Crippen LogP contribution in [0.4, 0.5) is 0 Å². The van der Waals surface area contributed by atoms with Gasteiger partial charge >= 0.3 is 0 Å². The number of hydrogen-bond donors (Lipinski definition) is 0. The van der Waals surface area contributed by atoms with Gasteiger partial charge in [0.1, 0.15) is 0 Å². The normalized spacial score (nSPS) is 55.4. The molecule has 0 aromatic rings. The standard InChI is InChI=1S/C12H21N/c1-8-12-10-5-3-9(4-6-10)11(12)7-13(8)2/h8-12H,3-7H2,1-2H3. The van der Waals surface area contributed by atoms with Crippen molar-refractivity contribution in [2.75, 3.05) is 13.6 Å². The van der Waals surface area contributed by atoms with E-state index in [1.165, 1.54) is 6.54 Å². The highest BCUT2D eigenvalue weighted by molar-refractivity contribution is 5.01. The molecule has 4 rings (SSSR count). The van der Waals surface area contributed by atoms with Crippen LogP contribution in [-0.2, 0) is 0 Å². The zero-order valence-electron chi connectivity index (χ0n) is 8.87. The number of fused-ring (bicyclic) bond motifs is 2. The zero-order chi connectivity index (χ0) is 9.00. The molecule has 3 aliphatic carbocycles. The Morgan fingerprint density at radius 3 is 2.23 bits per heavy atom. The Morgan fingerprint density at radius 1 is 1.00 bits per heavy atom. The molecule has 0 radical (unpaired) electrons. The average Bonchev–Trinajstić information content (AvgIpc) is 2.47. The molecule has 1 aliphatic heterocycles. The summed E-state index contributed by atoms with van der Waals surface area (Å²) in [5, 5.41) is 0. The Balaban J connectivity index is 1.90. The molecule has 4 aliphatic rings. The Labute approximate surface area is 81.5 Å². The zero-order valence-corrected chi connectivity index (χ0v) is 8.87. The van der Waals surface area contributed by atoms with Crippen molar-refractivity contribution in [1.82, 2.24) is 4.90 Å². The quantitative estimate of drug-likeness (QED) is 0.552. The van der Waals surface area contributed by atoms with E-state index in [0.29, 0.717) is 0 Å². The Morgan fingerprint density at radius 2 is 1.62 bits per heavy atom. The minimum Gasteiger partial charge on any atom is -0.303 e. The summed E-state index contributed by atoms with van der Waals surface area (Å²) in [7, 11) is 2.32. The summed E-state index contributed by atoms with van der Waals surface area (Å²) in [4.78, 5) is 2.60. The van der Waals surface area contributed by atoms with Gasteiger partial charge in [0.2, 0.25) is 0 Å². The maximum atomic E-state index is 2.60. The Hall–Kier alpha value is -0.0400. The Kier molecular flexibility index (Phi) is 1.74. The van der Waals surface area contributed by atoms with Gasteiger partial charge in [0.25, 0.3) is 0 Å².